The number of carbonyl (C=O) groups excluding carboxylic acids is 3. The Kier molecular flexibility index (Phi) is 15.2. The van der Waals surface area contributed by atoms with Gasteiger partial charge in [-0.1, -0.05) is 19.0 Å². The van der Waals surface area contributed by atoms with Crippen molar-refractivity contribution in [2.75, 3.05) is 40.8 Å². The summed E-state index contributed by atoms with van der Waals surface area (Å²) >= 11 is 0. The monoisotopic (exact) mass is 744 g/mol. The van der Waals surface area contributed by atoms with Crippen LogP contribution in [0.15, 0.2) is 5.11 Å². The predicted octanol–water partition coefficient (Wildman–Crippen LogP) is 5.20. The molecule has 17 heteroatoms. The first-order valence-corrected chi connectivity index (χ1v) is 18.8. The molecule has 51 heavy (non-hydrogen) atoms. The van der Waals surface area contributed by atoms with E-state index in [2.05, 4.69) is 15.3 Å². The zero-order valence-electron chi connectivity index (χ0n) is 31.8. The Balaban J connectivity index is 2.04. The number of cyclic esters (lactones) is 1. The molecule has 3 fully saturated rings. The summed E-state index contributed by atoms with van der Waals surface area (Å²) in [6, 6.07) is -1.21. The van der Waals surface area contributed by atoms with Crippen LogP contribution in [0.3, 0.4) is 0 Å². The van der Waals surface area contributed by atoms with Gasteiger partial charge in [-0.15, -0.1) is 0 Å². The number of methoxy groups -OCH3 is 1. The molecule has 3 unspecified atom stereocenters. The number of Topliss-reactive ketones (excluding diaryl/α,β-unsaturated/α-hetero) is 1. The minimum atomic E-state index is -3.10. The number of ether oxygens (including phenoxy) is 5. The number of nitrogens with zero attached hydrogens (tertiary/aromatic N) is 5. The number of azide groups is 1. The Labute approximate surface area is 302 Å². The maximum atomic E-state index is 16.6. The number of hydrogen-bond acceptors (Lipinski definition) is 12. The minimum Gasteiger partial charge on any atom is -0.455 e. The van der Waals surface area contributed by atoms with E-state index in [-0.39, 0.29) is 46.0 Å². The lowest BCUT2D eigenvalue weighted by molar-refractivity contribution is -0.252. The van der Waals surface area contributed by atoms with Gasteiger partial charge in [-0.25, -0.2) is 14.0 Å². The van der Waals surface area contributed by atoms with E-state index in [1.165, 1.54) is 7.11 Å². The van der Waals surface area contributed by atoms with Gasteiger partial charge in [0.25, 0.3) is 5.67 Å². The molecule has 290 valence electrons. The largest absolute Gasteiger partial charge is 0.455 e. The highest BCUT2D eigenvalue weighted by Crippen LogP contribution is 2.40. The first-order valence-electron chi connectivity index (χ1n) is 17.9. The van der Waals surface area contributed by atoms with Crippen molar-refractivity contribution >= 4 is 26.3 Å². The summed E-state index contributed by atoms with van der Waals surface area (Å²) < 4.78 is 59.6. The second-order valence-corrected chi connectivity index (χ2v) is 15.9. The van der Waals surface area contributed by atoms with Crippen molar-refractivity contribution in [1.29, 1.82) is 0 Å². The summed E-state index contributed by atoms with van der Waals surface area (Å²) in [5, 5.41) is 7.12. The summed E-state index contributed by atoms with van der Waals surface area (Å²) in [6.45, 7) is 12.8. The fraction of sp³-hybridized carbons (Fsp3) is 0.912. The van der Waals surface area contributed by atoms with Gasteiger partial charge < -0.3 is 33.9 Å². The average Bonchev–Trinajstić information content (AvgIpc) is 3.33. The Morgan fingerprint density at radius 2 is 1.86 bits per heavy atom. The second kappa shape index (κ2) is 18.1. The SMILES string of the molecule is CC[C@H]1OC(=O)[C@](C)(F)C(=O)C[C@@H](O[C@@H]2OC(C)CC(N(C)C)C2P=O)[C@](C)(OC)C[C@@H](C)CN[C@H](C)[C@H]2N(CCCCN=[N+]=[N-])C(=O)O[C@]12C. The van der Waals surface area contributed by atoms with Crippen molar-refractivity contribution in [1.82, 2.24) is 15.1 Å². The molecule has 12 atom stereocenters. The Morgan fingerprint density at radius 3 is 2.45 bits per heavy atom. The van der Waals surface area contributed by atoms with Crippen LogP contribution in [0.1, 0.15) is 87.0 Å². The quantitative estimate of drug-likeness (QED) is 0.0559. The number of ketones is 1. The normalized spacial score (nSPS) is 40.2. The Bertz CT molecular complexity index is 1290. The van der Waals surface area contributed by atoms with Crippen LogP contribution >= 0.6 is 8.46 Å². The maximum Gasteiger partial charge on any atom is 0.410 e. The third-order valence-corrected chi connectivity index (χ3v) is 11.7. The molecule has 0 aromatic carbocycles. The summed E-state index contributed by atoms with van der Waals surface area (Å²) in [5.74, 6) is -2.59. The number of halogens is 1. The molecule has 0 bridgehead atoms. The molecular formula is C34H58FN6O9P. The molecule has 3 heterocycles. The zero-order valence-corrected chi connectivity index (χ0v) is 32.7. The molecule has 15 nitrogen and oxygen atoms in total. The van der Waals surface area contributed by atoms with Crippen molar-refractivity contribution in [2.45, 2.75) is 152 Å². The van der Waals surface area contributed by atoms with Gasteiger partial charge >= 0.3 is 12.1 Å². The van der Waals surface area contributed by atoms with Crippen LogP contribution in [-0.4, -0.2) is 134 Å². The lowest BCUT2D eigenvalue weighted by Gasteiger charge is -2.45. The number of amides is 1. The zero-order chi connectivity index (χ0) is 38.3. The molecule has 3 rings (SSSR count). The van der Waals surface area contributed by atoms with E-state index in [0.717, 1.165) is 6.92 Å². The molecule has 0 radical (unpaired) electrons. The molecule has 3 saturated heterocycles. The smallest absolute Gasteiger partial charge is 0.410 e. The van der Waals surface area contributed by atoms with E-state index in [0.29, 0.717) is 32.2 Å². The van der Waals surface area contributed by atoms with Crippen molar-refractivity contribution in [3.05, 3.63) is 10.4 Å². The summed E-state index contributed by atoms with van der Waals surface area (Å²) in [4.78, 5) is 47.3. The molecule has 1 N–H and O–H groups in total. The molecule has 1 amide bonds. The van der Waals surface area contributed by atoms with Gasteiger partial charge in [0.05, 0.1) is 23.9 Å². The van der Waals surface area contributed by atoms with Crippen molar-refractivity contribution in [3.63, 3.8) is 0 Å². The van der Waals surface area contributed by atoms with Gasteiger partial charge in [-0.05, 0) is 98.8 Å². The molecule has 0 aliphatic carbocycles. The molecule has 0 saturated carbocycles. The lowest BCUT2D eigenvalue weighted by atomic mass is 9.83. The number of fused-ring (bicyclic) bond motifs is 1. The van der Waals surface area contributed by atoms with Crippen LogP contribution in [0, 0.1) is 5.92 Å². The highest BCUT2D eigenvalue weighted by Gasteiger charge is 2.59. The van der Waals surface area contributed by atoms with Crippen molar-refractivity contribution in [2.24, 2.45) is 11.0 Å². The summed E-state index contributed by atoms with van der Waals surface area (Å²) in [7, 11) is 5.03. The van der Waals surface area contributed by atoms with E-state index < -0.39 is 77.4 Å². The Morgan fingerprint density at radius 1 is 1.18 bits per heavy atom. The van der Waals surface area contributed by atoms with E-state index >= 15 is 4.39 Å². The van der Waals surface area contributed by atoms with Crippen molar-refractivity contribution < 1.29 is 47.0 Å². The van der Waals surface area contributed by atoms with Gasteiger partial charge in [-0.2, -0.15) is 0 Å². The lowest BCUT2D eigenvalue weighted by Crippen LogP contribution is -2.61. The summed E-state index contributed by atoms with van der Waals surface area (Å²) in [6.07, 6.45) is -2.49. The fourth-order valence-electron chi connectivity index (χ4n) is 7.77. The maximum absolute atomic E-state index is 16.6. The number of esters is 1. The average molecular weight is 745 g/mol. The number of alkyl halides is 1. The number of nitrogens with one attached hydrogen (secondary N) is 1. The first-order chi connectivity index (χ1) is 23.9. The highest BCUT2D eigenvalue weighted by molar-refractivity contribution is 7.25. The van der Waals surface area contributed by atoms with E-state index in [1.54, 1.807) is 25.7 Å². The van der Waals surface area contributed by atoms with Crippen LogP contribution in [0.2, 0.25) is 0 Å². The number of rotatable bonds is 11. The third kappa shape index (κ3) is 9.76. The van der Waals surface area contributed by atoms with Crippen molar-refractivity contribution in [3.8, 4) is 0 Å². The highest BCUT2D eigenvalue weighted by atomic mass is 31.1. The molecule has 3 aliphatic heterocycles. The number of carbonyl (C=O) groups is 3. The molecule has 3 aliphatic rings. The molecular weight excluding hydrogens is 686 g/mol. The Hall–Kier alpha value is -2.45. The minimum absolute atomic E-state index is 0.101. The van der Waals surface area contributed by atoms with Crippen LogP contribution in [0.5, 0.6) is 0 Å². The van der Waals surface area contributed by atoms with Crippen LogP contribution in [0.4, 0.5) is 9.18 Å². The topological polar surface area (TPSA) is 182 Å². The molecule has 0 aromatic rings. The fourth-order valence-corrected chi connectivity index (χ4v) is 8.53. The van der Waals surface area contributed by atoms with Crippen LogP contribution < -0.4 is 5.32 Å². The van der Waals surface area contributed by atoms with E-state index in [9.17, 15) is 18.9 Å². The molecule has 0 aromatic heterocycles. The van der Waals surface area contributed by atoms with Gasteiger partial charge in [0.1, 0.15) is 11.8 Å². The number of hydrogen-bond donors (Lipinski definition) is 1. The van der Waals surface area contributed by atoms with Gasteiger partial charge in [-0.3, -0.25) is 14.3 Å². The third-order valence-electron chi connectivity index (χ3n) is 10.8. The second-order valence-electron chi connectivity index (χ2n) is 15.1. The van der Waals surface area contributed by atoms with Gasteiger partial charge in [0, 0.05) is 43.6 Å². The summed E-state index contributed by atoms with van der Waals surface area (Å²) in [5.41, 5.74) is 2.34. The van der Waals surface area contributed by atoms with Gasteiger partial charge in [0.15, 0.2) is 26.1 Å². The first kappa shape index (κ1) is 43.0. The van der Waals surface area contributed by atoms with Crippen LogP contribution in [-0.2, 0) is 37.8 Å². The predicted molar refractivity (Wildman–Crippen MR) is 187 cm³/mol. The number of unbranched alkanes of at least 4 members (excludes halogenated alkanes) is 1. The molecule has 0 spiro atoms. The van der Waals surface area contributed by atoms with Crippen LogP contribution in [0.25, 0.3) is 10.4 Å². The van der Waals surface area contributed by atoms with E-state index in [1.807, 2.05) is 39.8 Å². The van der Waals surface area contributed by atoms with E-state index in [4.69, 9.17) is 29.2 Å². The van der Waals surface area contributed by atoms with Gasteiger partial charge in [0.2, 0.25) is 0 Å². The standard InChI is InChI=1S/C34H58FN6O9P/c1-11-25-34(7)28(41(31(44)50-34)15-13-12-14-38-39-36)22(4)37-19-20(2)18-32(5,46-10)26(17-24(42)33(6,35)30(43)49-25)48-29-27(51-45)23(40(8)9)16-21(3)47-29/h20-23,25-29,37H,11-19H2,1-10H3/t20-,21?,22-,23?,25-,26-,27?,28-,29+,32-,33-,34-/m1/s1.